The highest BCUT2D eigenvalue weighted by atomic mass is 16.5. The summed E-state index contributed by atoms with van der Waals surface area (Å²) in [5, 5.41) is 4.20. The summed E-state index contributed by atoms with van der Waals surface area (Å²) in [6, 6.07) is 8.44. The predicted octanol–water partition coefficient (Wildman–Crippen LogP) is 6.00. The molecule has 2 N–H and O–H groups in total. The highest BCUT2D eigenvalue weighted by Gasteiger charge is 2.07. The molecule has 26 heavy (non-hydrogen) atoms. The van der Waals surface area contributed by atoms with E-state index in [1.165, 1.54) is 0 Å². The molecule has 0 spiro atoms. The summed E-state index contributed by atoms with van der Waals surface area (Å²) in [4.78, 5) is 7.75. The second kappa shape index (κ2) is 8.21. The molecule has 3 rings (SSSR count). The lowest BCUT2D eigenvalue weighted by Gasteiger charge is -2.08. The van der Waals surface area contributed by atoms with Crippen LogP contribution in [0.25, 0.3) is 28.2 Å². The molecule has 4 heteroatoms. The topological polar surface area (TPSA) is 49.9 Å². The van der Waals surface area contributed by atoms with Crippen LogP contribution in [-0.4, -0.2) is 9.97 Å². The van der Waals surface area contributed by atoms with E-state index in [-0.39, 0.29) is 0 Å². The quantitative estimate of drug-likeness (QED) is 0.516. The third kappa shape index (κ3) is 3.86. The Bertz CT molecular complexity index is 967. The lowest BCUT2D eigenvalue weighted by atomic mass is 10.0. The van der Waals surface area contributed by atoms with Gasteiger partial charge in [-0.2, -0.15) is 0 Å². The first-order valence-corrected chi connectivity index (χ1v) is 8.65. The molecular formula is C22H23N3O. The Morgan fingerprint density at radius 1 is 1.23 bits per heavy atom. The standard InChI is InChI=1S/C22H23N3O/c1-4-6-10-26-11-9-18-14-24-22-20(18)13-19(15-25-22)17-7-8-21(23-5-2)16(3)12-17/h5-15,23H,2,4H2,1,3H3,(H,24,25)/b10-6-,11-9+. The first kappa shape index (κ1) is 17.5. The first-order chi connectivity index (χ1) is 12.7. The minimum atomic E-state index is 0.860. The summed E-state index contributed by atoms with van der Waals surface area (Å²) in [5.41, 5.74) is 6.32. The molecule has 0 fully saturated rings. The zero-order valence-corrected chi connectivity index (χ0v) is 15.1. The maximum absolute atomic E-state index is 5.35. The van der Waals surface area contributed by atoms with Crippen LogP contribution in [0.2, 0.25) is 0 Å². The van der Waals surface area contributed by atoms with E-state index < -0.39 is 0 Å². The number of hydrogen-bond acceptors (Lipinski definition) is 3. The molecule has 0 saturated carbocycles. The van der Waals surface area contributed by atoms with Crippen LogP contribution in [0.1, 0.15) is 24.5 Å². The second-order valence-corrected chi connectivity index (χ2v) is 5.96. The molecule has 0 saturated heterocycles. The summed E-state index contributed by atoms with van der Waals surface area (Å²) in [7, 11) is 0. The van der Waals surface area contributed by atoms with Crippen LogP contribution in [0.5, 0.6) is 0 Å². The van der Waals surface area contributed by atoms with E-state index in [2.05, 4.69) is 60.0 Å². The number of anilines is 1. The van der Waals surface area contributed by atoms with Gasteiger partial charge in [0.15, 0.2) is 0 Å². The summed E-state index contributed by atoms with van der Waals surface area (Å²) in [6.45, 7) is 7.85. The predicted molar refractivity (Wildman–Crippen MR) is 110 cm³/mol. The van der Waals surface area contributed by atoms with Gasteiger partial charge < -0.3 is 15.0 Å². The van der Waals surface area contributed by atoms with Crippen molar-refractivity contribution >= 4 is 22.8 Å². The van der Waals surface area contributed by atoms with Gasteiger partial charge in [0.25, 0.3) is 0 Å². The number of rotatable bonds is 7. The number of benzene rings is 1. The van der Waals surface area contributed by atoms with Crippen molar-refractivity contribution in [1.29, 1.82) is 0 Å². The van der Waals surface area contributed by atoms with Crippen molar-refractivity contribution in [2.45, 2.75) is 20.3 Å². The Labute approximate surface area is 153 Å². The Morgan fingerprint density at radius 3 is 2.88 bits per heavy atom. The molecule has 0 amide bonds. The van der Waals surface area contributed by atoms with E-state index in [0.29, 0.717) is 0 Å². The molecule has 132 valence electrons. The molecule has 2 aromatic heterocycles. The third-order valence-corrected chi connectivity index (χ3v) is 4.12. The average Bonchev–Trinajstić information content (AvgIpc) is 3.06. The summed E-state index contributed by atoms with van der Waals surface area (Å²) >= 11 is 0. The number of fused-ring (bicyclic) bond motifs is 1. The molecule has 0 atom stereocenters. The van der Waals surface area contributed by atoms with Gasteiger partial charge in [0.05, 0.1) is 12.5 Å². The minimum absolute atomic E-state index is 0.860. The van der Waals surface area contributed by atoms with Gasteiger partial charge in [-0.3, -0.25) is 0 Å². The van der Waals surface area contributed by atoms with Gasteiger partial charge in [-0.15, -0.1) is 0 Å². The molecule has 0 radical (unpaired) electrons. The van der Waals surface area contributed by atoms with E-state index in [0.717, 1.165) is 45.4 Å². The van der Waals surface area contributed by atoms with Crippen molar-refractivity contribution in [2.75, 3.05) is 5.32 Å². The Kier molecular flexibility index (Phi) is 5.54. The largest absolute Gasteiger partial charge is 0.473 e. The number of nitrogens with zero attached hydrogens (tertiary/aromatic N) is 1. The number of allylic oxidation sites excluding steroid dienone is 1. The lowest BCUT2D eigenvalue weighted by Crippen LogP contribution is -1.91. The highest BCUT2D eigenvalue weighted by Crippen LogP contribution is 2.28. The van der Waals surface area contributed by atoms with Gasteiger partial charge >= 0.3 is 0 Å². The maximum Gasteiger partial charge on any atom is 0.137 e. The number of nitrogens with one attached hydrogen (secondary N) is 2. The molecule has 0 aliphatic heterocycles. The zero-order valence-electron chi connectivity index (χ0n) is 15.1. The van der Waals surface area contributed by atoms with Gasteiger partial charge in [0, 0.05) is 34.6 Å². The first-order valence-electron chi connectivity index (χ1n) is 8.65. The van der Waals surface area contributed by atoms with Gasteiger partial charge in [0.1, 0.15) is 5.65 Å². The number of hydrogen-bond donors (Lipinski definition) is 2. The van der Waals surface area contributed by atoms with Gasteiger partial charge in [-0.1, -0.05) is 19.6 Å². The monoisotopic (exact) mass is 345 g/mol. The van der Waals surface area contributed by atoms with E-state index in [1.807, 2.05) is 24.5 Å². The van der Waals surface area contributed by atoms with Crippen LogP contribution < -0.4 is 5.32 Å². The molecule has 0 aliphatic rings. The van der Waals surface area contributed by atoms with E-state index in [9.17, 15) is 0 Å². The lowest BCUT2D eigenvalue weighted by molar-refractivity contribution is 0.404. The van der Waals surface area contributed by atoms with E-state index >= 15 is 0 Å². The van der Waals surface area contributed by atoms with Crippen LogP contribution >= 0.6 is 0 Å². The molecule has 0 unspecified atom stereocenters. The molecule has 2 heterocycles. The molecule has 3 aromatic rings. The Hall–Kier alpha value is -3.27. The molecule has 1 aromatic carbocycles. The zero-order chi connectivity index (χ0) is 18.4. The number of H-pyrrole nitrogens is 1. The highest BCUT2D eigenvalue weighted by molar-refractivity contribution is 5.89. The van der Waals surface area contributed by atoms with Crippen LogP contribution in [0.15, 0.2) is 68.0 Å². The van der Waals surface area contributed by atoms with E-state index in [1.54, 1.807) is 18.7 Å². The average molecular weight is 345 g/mol. The maximum atomic E-state index is 5.35. The van der Waals surface area contributed by atoms with Crippen molar-refractivity contribution < 1.29 is 4.74 Å². The van der Waals surface area contributed by atoms with E-state index in [4.69, 9.17) is 4.74 Å². The molecule has 0 bridgehead atoms. The normalized spacial score (nSPS) is 11.5. The fourth-order valence-electron chi connectivity index (χ4n) is 2.74. The smallest absolute Gasteiger partial charge is 0.137 e. The molecule has 0 aliphatic carbocycles. The summed E-state index contributed by atoms with van der Waals surface area (Å²) in [5.74, 6) is 0. The van der Waals surface area contributed by atoms with Crippen LogP contribution in [0.4, 0.5) is 5.69 Å². The van der Waals surface area contributed by atoms with Crippen LogP contribution in [0.3, 0.4) is 0 Å². The van der Waals surface area contributed by atoms with Gasteiger partial charge in [-0.25, -0.2) is 4.98 Å². The fraction of sp³-hybridized carbons (Fsp3) is 0.136. The number of pyridine rings is 1. The summed E-state index contributed by atoms with van der Waals surface area (Å²) in [6.07, 6.45) is 13.7. The Morgan fingerprint density at radius 2 is 2.12 bits per heavy atom. The van der Waals surface area contributed by atoms with Gasteiger partial charge in [0.2, 0.25) is 0 Å². The number of aryl methyl sites for hydroxylation is 1. The van der Waals surface area contributed by atoms with Crippen molar-refractivity contribution in [3.63, 3.8) is 0 Å². The van der Waals surface area contributed by atoms with Crippen LogP contribution in [-0.2, 0) is 4.74 Å². The third-order valence-electron chi connectivity index (χ3n) is 4.12. The van der Waals surface area contributed by atoms with Crippen molar-refractivity contribution in [3.05, 3.63) is 79.2 Å². The SMILES string of the molecule is C=CNc1ccc(-c2cnc3[nH]cc(/C=C/O/C=C\CC)c3c2)cc1C. The molecular weight excluding hydrogens is 322 g/mol. The van der Waals surface area contributed by atoms with Crippen LogP contribution in [0, 0.1) is 6.92 Å². The fourth-order valence-corrected chi connectivity index (χ4v) is 2.74. The number of aromatic amines is 1. The van der Waals surface area contributed by atoms with Crippen molar-refractivity contribution in [2.24, 2.45) is 0 Å². The summed E-state index contributed by atoms with van der Waals surface area (Å²) < 4.78 is 5.35. The van der Waals surface area contributed by atoms with Gasteiger partial charge in [-0.05, 0) is 61.0 Å². The minimum Gasteiger partial charge on any atom is -0.473 e. The van der Waals surface area contributed by atoms with Crippen molar-refractivity contribution in [1.82, 2.24) is 9.97 Å². The van der Waals surface area contributed by atoms with Crippen molar-refractivity contribution in [3.8, 4) is 11.1 Å². The second-order valence-electron chi connectivity index (χ2n) is 5.96. The number of ether oxygens (including phenoxy) is 1. The Balaban J connectivity index is 1.91. The number of aromatic nitrogens is 2. The molecule has 4 nitrogen and oxygen atoms in total.